The minimum atomic E-state index is -0.931. The molecule has 1 aromatic carbocycles. The van der Waals surface area contributed by atoms with Crippen LogP contribution in [0.15, 0.2) is 30.3 Å². The summed E-state index contributed by atoms with van der Waals surface area (Å²) in [6, 6.07) is 9.06. The maximum Gasteiger partial charge on any atom is 0.313 e. The predicted octanol–water partition coefficient (Wildman–Crippen LogP) is 2.80. The molecule has 0 heterocycles. The summed E-state index contributed by atoms with van der Waals surface area (Å²) in [7, 11) is 0. The van der Waals surface area contributed by atoms with Crippen LogP contribution >= 0.6 is 0 Å². The molecule has 0 aliphatic heterocycles. The van der Waals surface area contributed by atoms with Crippen molar-refractivity contribution in [2.75, 3.05) is 0 Å². The van der Waals surface area contributed by atoms with Crippen LogP contribution in [0.3, 0.4) is 0 Å². The van der Waals surface area contributed by atoms with Gasteiger partial charge < -0.3 is 10.2 Å². The number of hydrogen-bond acceptors (Lipinski definition) is 2. The Bertz CT molecular complexity index is 382. The second-order valence-corrected chi connectivity index (χ2v) is 5.12. The van der Waals surface area contributed by atoms with Gasteiger partial charge in [-0.1, -0.05) is 49.6 Å². The molecular formula is C15H20O3. The minimum absolute atomic E-state index is 0.125. The lowest BCUT2D eigenvalue weighted by Crippen LogP contribution is -2.33. The van der Waals surface area contributed by atoms with E-state index in [1.807, 2.05) is 18.2 Å². The van der Waals surface area contributed by atoms with Gasteiger partial charge in [0.05, 0.1) is 6.10 Å². The van der Waals surface area contributed by atoms with Gasteiger partial charge in [0.25, 0.3) is 0 Å². The van der Waals surface area contributed by atoms with Crippen LogP contribution in [-0.2, 0) is 4.79 Å². The normalized spacial score (nSPS) is 20.3. The molecule has 98 valence electrons. The zero-order valence-corrected chi connectivity index (χ0v) is 10.5. The van der Waals surface area contributed by atoms with Crippen LogP contribution in [0, 0.1) is 5.92 Å². The van der Waals surface area contributed by atoms with Crippen LogP contribution in [0.2, 0.25) is 0 Å². The molecule has 1 aliphatic carbocycles. The van der Waals surface area contributed by atoms with Crippen molar-refractivity contribution in [3.05, 3.63) is 35.9 Å². The first kappa shape index (κ1) is 13.1. The summed E-state index contributed by atoms with van der Waals surface area (Å²) in [5, 5.41) is 19.7. The molecule has 0 radical (unpaired) electrons. The van der Waals surface area contributed by atoms with E-state index in [1.54, 1.807) is 12.1 Å². The molecule has 1 saturated carbocycles. The SMILES string of the molecule is O=C(O)C(c1ccccc1)C(O)C1CCCCC1. The number of carboxylic acids is 1. The highest BCUT2D eigenvalue weighted by Crippen LogP contribution is 2.33. The summed E-state index contributed by atoms with van der Waals surface area (Å²) in [6.45, 7) is 0. The van der Waals surface area contributed by atoms with Gasteiger partial charge in [0.15, 0.2) is 0 Å². The Labute approximate surface area is 107 Å². The highest BCUT2D eigenvalue weighted by atomic mass is 16.4. The fourth-order valence-electron chi connectivity index (χ4n) is 2.89. The number of hydrogen-bond donors (Lipinski definition) is 2. The van der Waals surface area contributed by atoms with E-state index in [1.165, 1.54) is 6.42 Å². The molecule has 2 N–H and O–H groups in total. The monoisotopic (exact) mass is 248 g/mol. The fraction of sp³-hybridized carbons (Fsp3) is 0.533. The van der Waals surface area contributed by atoms with Gasteiger partial charge in [0.2, 0.25) is 0 Å². The highest BCUT2D eigenvalue weighted by molar-refractivity contribution is 5.76. The molecule has 2 unspecified atom stereocenters. The average Bonchev–Trinajstić information content (AvgIpc) is 2.40. The molecule has 0 amide bonds. The van der Waals surface area contributed by atoms with Crippen LogP contribution in [0.4, 0.5) is 0 Å². The number of rotatable bonds is 4. The average molecular weight is 248 g/mol. The van der Waals surface area contributed by atoms with Crippen LogP contribution in [0.1, 0.15) is 43.6 Å². The van der Waals surface area contributed by atoms with E-state index in [0.717, 1.165) is 25.7 Å². The van der Waals surface area contributed by atoms with Gasteiger partial charge in [-0.05, 0) is 24.3 Å². The fourth-order valence-corrected chi connectivity index (χ4v) is 2.89. The van der Waals surface area contributed by atoms with Gasteiger partial charge in [0, 0.05) is 0 Å². The van der Waals surface area contributed by atoms with E-state index in [4.69, 9.17) is 0 Å². The Hall–Kier alpha value is -1.35. The Morgan fingerprint density at radius 2 is 1.72 bits per heavy atom. The summed E-state index contributed by atoms with van der Waals surface area (Å²) >= 11 is 0. The summed E-state index contributed by atoms with van der Waals surface area (Å²) in [5.74, 6) is -1.60. The smallest absolute Gasteiger partial charge is 0.313 e. The van der Waals surface area contributed by atoms with Crippen molar-refractivity contribution < 1.29 is 15.0 Å². The molecule has 1 aliphatic rings. The third kappa shape index (κ3) is 2.91. The molecule has 3 nitrogen and oxygen atoms in total. The van der Waals surface area contributed by atoms with Crippen LogP contribution in [0.5, 0.6) is 0 Å². The number of benzene rings is 1. The standard InChI is InChI=1S/C15H20O3/c16-14(12-9-5-2-6-10-12)13(15(17)18)11-7-3-1-4-8-11/h1,3-4,7-8,12-14,16H,2,5-6,9-10H2,(H,17,18). The highest BCUT2D eigenvalue weighted by Gasteiger charge is 2.34. The molecule has 0 spiro atoms. The van der Waals surface area contributed by atoms with Gasteiger partial charge in [-0.15, -0.1) is 0 Å². The Kier molecular flexibility index (Phi) is 4.37. The molecule has 0 saturated heterocycles. The van der Waals surface area contributed by atoms with Crippen LogP contribution < -0.4 is 0 Å². The maximum absolute atomic E-state index is 11.4. The summed E-state index contributed by atoms with van der Waals surface area (Å²) in [6.07, 6.45) is 4.51. The van der Waals surface area contributed by atoms with E-state index in [9.17, 15) is 15.0 Å². The lowest BCUT2D eigenvalue weighted by atomic mass is 9.78. The van der Waals surface area contributed by atoms with E-state index in [-0.39, 0.29) is 5.92 Å². The molecule has 0 bridgehead atoms. The van der Waals surface area contributed by atoms with Crippen molar-refractivity contribution in [1.29, 1.82) is 0 Å². The molecule has 2 atom stereocenters. The topological polar surface area (TPSA) is 57.5 Å². The number of carbonyl (C=O) groups is 1. The molecule has 2 rings (SSSR count). The van der Waals surface area contributed by atoms with Crippen molar-refractivity contribution in [2.24, 2.45) is 5.92 Å². The first-order chi connectivity index (χ1) is 8.70. The van der Waals surface area contributed by atoms with E-state index in [0.29, 0.717) is 5.56 Å². The summed E-state index contributed by atoms with van der Waals surface area (Å²) in [5.41, 5.74) is 0.697. The van der Waals surface area contributed by atoms with Gasteiger partial charge in [-0.2, -0.15) is 0 Å². The van der Waals surface area contributed by atoms with Gasteiger partial charge >= 0.3 is 5.97 Å². The predicted molar refractivity (Wildman–Crippen MR) is 69.4 cm³/mol. The molecule has 18 heavy (non-hydrogen) atoms. The second-order valence-electron chi connectivity index (χ2n) is 5.12. The summed E-state index contributed by atoms with van der Waals surface area (Å²) < 4.78 is 0. The van der Waals surface area contributed by atoms with E-state index in [2.05, 4.69) is 0 Å². The van der Waals surface area contributed by atoms with Crippen molar-refractivity contribution >= 4 is 5.97 Å². The molecule has 3 heteroatoms. The van der Waals surface area contributed by atoms with E-state index < -0.39 is 18.0 Å². The van der Waals surface area contributed by atoms with Crippen molar-refractivity contribution in [2.45, 2.75) is 44.1 Å². The first-order valence-corrected chi connectivity index (χ1v) is 6.66. The largest absolute Gasteiger partial charge is 0.481 e. The Morgan fingerprint density at radius 3 is 2.28 bits per heavy atom. The van der Waals surface area contributed by atoms with Crippen molar-refractivity contribution in [3.63, 3.8) is 0 Å². The van der Waals surface area contributed by atoms with Crippen molar-refractivity contribution in [3.8, 4) is 0 Å². The van der Waals surface area contributed by atoms with Crippen LogP contribution in [-0.4, -0.2) is 22.3 Å². The lowest BCUT2D eigenvalue weighted by Gasteiger charge is -2.30. The number of aliphatic hydroxyl groups is 1. The summed E-state index contributed by atoms with van der Waals surface area (Å²) in [4.78, 5) is 11.4. The second kappa shape index (κ2) is 6.01. The minimum Gasteiger partial charge on any atom is -0.481 e. The zero-order chi connectivity index (χ0) is 13.0. The zero-order valence-electron chi connectivity index (χ0n) is 10.5. The molecule has 0 aromatic heterocycles. The number of aliphatic carboxylic acids is 1. The number of aliphatic hydroxyl groups excluding tert-OH is 1. The van der Waals surface area contributed by atoms with Gasteiger partial charge in [-0.3, -0.25) is 4.79 Å². The Morgan fingerprint density at radius 1 is 1.11 bits per heavy atom. The maximum atomic E-state index is 11.4. The quantitative estimate of drug-likeness (QED) is 0.861. The van der Waals surface area contributed by atoms with E-state index >= 15 is 0 Å². The third-order valence-electron chi connectivity index (χ3n) is 3.90. The Balaban J connectivity index is 2.17. The van der Waals surface area contributed by atoms with Crippen LogP contribution in [0.25, 0.3) is 0 Å². The molecule has 1 fully saturated rings. The first-order valence-electron chi connectivity index (χ1n) is 6.66. The third-order valence-corrected chi connectivity index (χ3v) is 3.90. The molecule has 1 aromatic rings. The van der Waals surface area contributed by atoms with Gasteiger partial charge in [-0.25, -0.2) is 0 Å². The van der Waals surface area contributed by atoms with Crippen molar-refractivity contribution in [1.82, 2.24) is 0 Å². The van der Waals surface area contributed by atoms with Gasteiger partial charge in [0.1, 0.15) is 5.92 Å². The molecular weight excluding hydrogens is 228 g/mol. The number of carboxylic acid groups (broad SMARTS) is 1. The lowest BCUT2D eigenvalue weighted by molar-refractivity contribution is -0.143.